The first-order chi connectivity index (χ1) is 18.6. The summed E-state index contributed by atoms with van der Waals surface area (Å²) >= 11 is 0. The number of benzene rings is 2. The number of hydrogen-bond donors (Lipinski definition) is 3. The minimum atomic E-state index is 0.0808. The van der Waals surface area contributed by atoms with Gasteiger partial charge in [-0.15, -0.1) is 0 Å². The van der Waals surface area contributed by atoms with Crippen molar-refractivity contribution >= 4 is 28.3 Å². The van der Waals surface area contributed by atoms with E-state index in [1.54, 1.807) is 12.4 Å². The fourth-order valence-corrected chi connectivity index (χ4v) is 5.10. The van der Waals surface area contributed by atoms with E-state index in [4.69, 9.17) is 9.72 Å². The van der Waals surface area contributed by atoms with Crippen molar-refractivity contribution in [3.05, 3.63) is 66.5 Å². The number of aryl methyl sites for hydroxylation is 1. The van der Waals surface area contributed by atoms with Gasteiger partial charge in [-0.25, -0.2) is 15.0 Å². The van der Waals surface area contributed by atoms with Gasteiger partial charge < -0.3 is 20.7 Å². The first-order valence-corrected chi connectivity index (χ1v) is 13.3. The molecule has 2 aromatic heterocycles. The fraction of sp³-hybridized carbons (Fsp3) is 0.333. The molecule has 1 aliphatic carbocycles. The van der Waals surface area contributed by atoms with Gasteiger partial charge in [-0.3, -0.25) is 4.79 Å². The zero-order valence-electron chi connectivity index (χ0n) is 21.7. The molecular formula is C30H32N6O2. The smallest absolute Gasteiger partial charge is 0.228 e. The van der Waals surface area contributed by atoms with Crippen LogP contribution in [0.2, 0.25) is 0 Å². The van der Waals surface area contributed by atoms with Crippen LogP contribution in [0.5, 0.6) is 11.6 Å². The number of fused-ring (bicyclic) bond motifs is 1. The second-order valence-corrected chi connectivity index (χ2v) is 10.3. The maximum Gasteiger partial charge on any atom is 0.228 e. The summed E-state index contributed by atoms with van der Waals surface area (Å²) in [5.41, 5.74) is 3.28. The van der Waals surface area contributed by atoms with Crippen molar-refractivity contribution in [1.29, 1.82) is 0 Å². The lowest BCUT2D eigenvalue weighted by Gasteiger charge is -2.23. The second-order valence-electron chi connectivity index (χ2n) is 10.3. The third-order valence-corrected chi connectivity index (χ3v) is 7.44. The molecule has 1 saturated heterocycles. The minimum Gasteiger partial charge on any atom is -0.437 e. The Kier molecular flexibility index (Phi) is 6.64. The van der Waals surface area contributed by atoms with Crippen molar-refractivity contribution in [2.24, 2.45) is 11.8 Å². The Labute approximate surface area is 222 Å². The number of ether oxygens (including phenoxy) is 1. The third-order valence-electron chi connectivity index (χ3n) is 7.44. The minimum absolute atomic E-state index is 0.0808. The van der Waals surface area contributed by atoms with Crippen molar-refractivity contribution in [2.75, 3.05) is 23.7 Å². The van der Waals surface area contributed by atoms with Crippen LogP contribution in [0, 0.1) is 18.8 Å². The number of amides is 1. The van der Waals surface area contributed by atoms with Gasteiger partial charge in [0.05, 0.1) is 11.3 Å². The number of carbonyl (C=O) groups excluding carboxylic acids is 1. The highest BCUT2D eigenvalue weighted by Crippen LogP contribution is 2.41. The molecule has 3 heterocycles. The van der Waals surface area contributed by atoms with E-state index >= 15 is 0 Å². The van der Waals surface area contributed by atoms with Gasteiger partial charge in [0, 0.05) is 47.4 Å². The number of nitrogens with one attached hydrogen (secondary N) is 3. The molecule has 0 bridgehead atoms. The van der Waals surface area contributed by atoms with Gasteiger partial charge in [-0.05, 0) is 68.5 Å². The fourth-order valence-electron chi connectivity index (χ4n) is 5.10. The molecule has 0 radical (unpaired) electrons. The molecule has 3 atom stereocenters. The second kappa shape index (κ2) is 10.4. The number of pyridine rings is 1. The summed E-state index contributed by atoms with van der Waals surface area (Å²) in [5, 5.41) is 11.8. The lowest BCUT2D eigenvalue weighted by Crippen LogP contribution is -2.38. The number of piperidine rings is 1. The quantitative estimate of drug-likeness (QED) is 0.301. The summed E-state index contributed by atoms with van der Waals surface area (Å²) in [6.07, 6.45) is 6.65. The molecule has 2 fully saturated rings. The Balaban J connectivity index is 1.31. The zero-order valence-corrected chi connectivity index (χ0v) is 21.7. The van der Waals surface area contributed by atoms with Crippen molar-refractivity contribution in [3.63, 3.8) is 0 Å². The SMILES string of the molecule is Cc1ccc2c(NC(=O)[C@@H]3C[C@H]3C)cccc2c1Oc1ncccc1-c1ccnc(N[C@H]2CCCNC2)n1. The summed E-state index contributed by atoms with van der Waals surface area (Å²) in [5.74, 6) is 2.40. The summed E-state index contributed by atoms with van der Waals surface area (Å²) in [7, 11) is 0. The van der Waals surface area contributed by atoms with Crippen molar-refractivity contribution in [1.82, 2.24) is 20.3 Å². The van der Waals surface area contributed by atoms with Gasteiger partial charge in [0.15, 0.2) is 0 Å². The normalized spacial score (nSPS) is 20.6. The van der Waals surface area contributed by atoms with Crippen LogP contribution < -0.4 is 20.7 Å². The van der Waals surface area contributed by atoms with Crippen LogP contribution in [-0.4, -0.2) is 40.0 Å². The van der Waals surface area contributed by atoms with Crippen molar-refractivity contribution < 1.29 is 9.53 Å². The van der Waals surface area contributed by atoms with E-state index in [-0.39, 0.29) is 11.8 Å². The predicted molar refractivity (Wildman–Crippen MR) is 149 cm³/mol. The molecule has 1 saturated carbocycles. The Hall–Kier alpha value is -4.04. The number of carbonyl (C=O) groups is 1. The summed E-state index contributed by atoms with van der Waals surface area (Å²) in [6.45, 7) is 6.07. The van der Waals surface area contributed by atoms with E-state index in [0.717, 1.165) is 65.6 Å². The van der Waals surface area contributed by atoms with E-state index < -0.39 is 0 Å². The molecule has 0 spiro atoms. The van der Waals surface area contributed by atoms with Crippen LogP contribution in [0.4, 0.5) is 11.6 Å². The molecule has 2 aromatic carbocycles. The summed E-state index contributed by atoms with van der Waals surface area (Å²) in [4.78, 5) is 26.4. The molecule has 3 N–H and O–H groups in total. The highest BCUT2D eigenvalue weighted by Gasteiger charge is 2.39. The molecule has 1 aliphatic heterocycles. The first-order valence-electron chi connectivity index (χ1n) is 13.3. The largest absolute Gasteiger partial charge is 0.437 e. The van der Waals surface area contributed by atoms with Crippen LogP contribution in [-0.2, 0) is 4.79 Å². The Morgan fingerprint density at radius 1 is 1.05 bits per heavy atom. The zero-order chi connectivity index (χ0) is 26.1. The Bertz CT molecular complexity index is 1480. The van der Waals surface area contributed by atoms with E-state index in [1.165, 1.54) is 0 Å². The average molecular weight is 509 g/mol. The molecular weight excluding hydrogens is 476 g/mol. The molecule has 6 rings (SSSR count). The van der Waals surface area contributed by atoms with E-state index in [2.05, 4.69) is 32.8 Å². The maximum atomic E-state index is 12.7. The average Bonchev–Trinajstić information content (AvgIpc) is 3.68. The summed E-state index contributed by atoms with van der Waals surface area (Å²) in [6, 6.07) is 16.0. The lowest BCUT2D eigenvalue weighted by molar-refractivity contribution is -0.117. The monoisotopic (exact) mass is 508 g/mol. The predicted octanol–water partition coefficient (Wildman–Crippen LogP) is 5.55. The molecule has 1 amide bonds. The Morgan fingerprint density at radius 2 is 1.95 bits per heavy atom. The third kappa shape index (κ3) is 5.04. The van der Waals surface area contributed by atoms with Gasteiger partial charge >= 0.3 is 0 Å². The maximum absolute atomic E-state index is 12.7. The van der Waals surface area contributed by atoms with Crippen LogP contribution in [0.25, 0.3) is 22.0 Å². The van der Waals surface area contributed by atoms with Gasteiger partial charge in [-0.1, -0.05) is 31.2 Å². The van der Waals surface area contributed by atoms with E-state index in [1.807, 2.05) is 55.5 Å². The summed E-state index contributed by atoms with van der Waals surface area (Å²) < 4.78 is 6.52. The van der Waals surface area contributed by atoms with E-state index in [0.29, 0.717) is 29.5 Å². The van der Waals surface area contributed by atoms with Crippen LogP contribution >= 0.6 is 0 Å². The number of hydrogen-bond acceptors (Lipinski definition) is 7. The highest BCUT2D eigenvalue weighted by molar-refractivity contribution is 6.05. The van der Waals surface area contributed by atoms with Crippen LogP contribution in [0.3, 0.4) is 0 Å². The molecule has 194 valence electrons. The molecule has 8 nitrogen and oxygen atoms in total. The number of nitrogens with zero attached hydrogens (tertiary/aromatic N) is 3. The van der Waals surface area contributed by atoms with Gasteiger partial charge in [-0.2, -0.15) is 0 Å². The number of anilines is 2. The van der Waals surface area contributed by atoms with Gasteiger partial charge in [0.2, 0.25) is 17.7 Å². The standard InChI is InChI=1S/C30H32N6O2/c1-18-10-11-21-22(7-3-9-25(21)35-28(37)24-16-19(24)2)27(18)38-29-23(8-5-14-32-29)26-12-15-33-30(36-26)34-20-6-4-13-31-17-20/h3,5,7-12,14-15,19-20,24,31H,4,6,13,16-17H2,1-2H3,(H,35,37)(H,33,34,36)/t19-,20+,24-/m1/s1. The van der Waals surface area contributed by atoms with Gasteiger partial charge in [0.25, 0.3) is 0 Å². The van der Waals surface area contributed by atoms with Crippen LogP contribution in [0.15, 0.2) is 60.9 Å². The molecule has 8 heteroatoms. The molecule has 2 aliphatic rings. The van der Waals surface area contributed by atoms with Gasteiger partial charge in [0.1, 0.15) is 5.75 Å². The number of aromatic nitrogens is 3. The molecule has 0 unspecified atom stereocenters. The Morgan fingerprint density at radius 3 is 2.76 bits per heavy atom. The number of rotatable bonds is 7. The highest BCUT2D eigenvalue weighted by atomic mass is 16.5. The molecule has 4 aromatic rings. The molecule has 38 heavy (non-hydrogen) atoms. The lowest BCUT2D eigenvalue weighted by atomic mass is 10.0. The van der Waals surface area contributed by atoms with Crippen molar-refractivity contribution in [2.45, 2.75) is 39.2 Å². The van der Waals surface area contributed by atoms with E-state index in [9.17, 15) is 4.79 Å². The topological polar surface area (TPSA) is 101 Å². The van der Waals surface area contributed by atoms with Crippen LogP contribution in [0.1, 0.15) is 31.7 Å². The first kappa shape index (κ1) is 24.3. The van der Waals surface area contributed by atoms with Crippen molar-refractivity contribution in [3.8, 4) is 22.9 Å².